The lowest BCUT2D eigenvalue weighted by molar-refractivity contribution is -0.157. The average molecular weight is 334 g/mol. The molecule has 0 saturated heterocycles. The van der Waals surface area contributed by atoms with Crippen molar-refractivity contribution in [2.45, 2.75) is 32.6 Å². The monoisotopic (exact) mass is 334 g/mol. The highest BCUT2D eigenvalue weighted by Gasteiger charge is 2.46. The number of carboxylic acids is 2. The van der Waals surface area contributed by atoms with E-state index in [4.69, 9.17) is 4.74 Å². The average Bonchev–Trinajstić information content (AvgIpc) is 2.54. The zero-order valence-electron chi connectivity index (χ0n) is 13.7. The Balaban J connectivity index is 3.12. The van der Waals surface area contributed by atoms with E-state index in [-0.39, 0.29) is 13.0 Å². The number of aliphatic carboxylic acids is 2. The van der Waals surface area contributed by atoms with Gasteiger partial charge in [0.2, 0.25) is 0 Å². The first-order chi connectivity index (χ1) is 11.3. The first-order valence-corrected chi connectivity index (χ1v) is 7.69. The Labute approximate surface area is 140 Å². The maximum atomic E-state index is 12.0. The van der Waals surface area contributed by atoms with Gasteiger partial charge in [0.05, 0.1) is 13.0 Å². The highest BCUT2D eigenvalue weighted by atomic mass is 16.5. The zero-order chi connectivity index (χ0) is 18.2. The summed E-state index contributed by atoms with van der Waals surface area (Å²) in [4.78, 5) is 35.3. The van der Waals surface area contributed by atoms with Gasteiger partial charge in [-0.15, -0.1) is 0 Å². The Morgan fingerprint density at radius 1 is 1.17 bits per heavy atom. The quantitative estimate of drug-likeness (QED) is 0.387. The van der Waals surface area contributed by atoms with Crippen LogP contribution in [0.5, 0.6) is 0 Å². The largest absolute Gasteiger partial charge is 0.481 e. The molecular weight excluding hydrogens is 312 g/mol. The van der Waals surface area contributed by atoms with Gasteiger partial charge in [-0.2, -0.15) is 0 Å². The van der Waals surface area contributed by atoms with Crippen LogP contribution in [0.4, 0.5) is 0 Å². The summed E-state index contributed by atoms with van der Waals surface area (Å²) >= 11 is 0. The maximum Gasteiger partial charge on any atom is 0.332 e. The molecule has 6 heteroatoms. The summed E-state index contributed by atoms with van der Waals surface area (Å²) in [6.07, 6.45) is 0.747. The predicted molar refractivity (Wildman–Crippen MR) is 87.5 cm³/mol. The number of unbranched alkanes of at least 4 members (excludes halogenated alkanes) is 1. The van der Waals surface area contributed by atoms with E-state index in [1.54, 1.807) is 30.3 Å². The molecule has 0 aromatic heterocycles. The number of carboxylic acid groups (broad SMARTS) is 2. The molecule has 1 aromatic rings. The highest BCUT2D eigenvalue weighted by Crippen LogP contribution is 2.36. The Morgan fingerprint density at radius 2 is 1.79 bits per heavy atom. The number of carbonyl (C=O) groups is 3. The van der Waals surface area contributed by atoms with Gasteiger partial charge in [0.1, 0.15) is 5.41 Å². The van der Waals surface area contributed by atoms with E-state index < -0.39 is 35.3 Å². The lowest BCUT2D eigenvalue weighted by Gasteiger charge is -2.29. The Hall–Kier alpha value is -2.63. The number of rotatable bonds is 10. The van der Waals surface area contributed by atoms with Crippen LogP contribution in [0.1, 0.15) is 31.7 Å². The smallest absolute Gasteiger partial charge is 0.332 e. The van der Waals surface area contributed by atoms with Crippen molar-refractivity contribution >= 4 is 17.9 Å². The van der Waals surface area contributed by atoms with Crippen LogP contribution in [0.25, 0.3) is 0 Å². The molecule has 0 spiro atoms. The van der Waals surface area contributed by atoms with Crippen LogP contribution in [0.2, 0.25) is 0 Å². The lowest BCUT2D eigenvalue weighted by Crippen LogP contribution is -2.40. The minimum absolute atomic E-state index is 0.156. The predicted octanol–water partition coefficient (Wildman–Crippen LogP) is 2.67. The summed E-state index contributed by atoms with van der Waals surface area (Å²) in [6, 6.07) is 8.54. The molecule has 6 nitrogen and oxygen atoms in total. The van der Waals surface area contributed by atoms with Gasteiger partial charge in [0, 0.05) is 5.57 Å². The van der Waals surface area contributed by atoms with Crippen molar-refractivity contribution in [3.05, 3.63) is 48.0 Å². The van der Waals surface area contributed by atoms with Crippen molar-refractivity contribution in [2.24, 2.45) is 5.41 Å². The van der Waals surface area contributed by atoms with Crippen molar-refractivity contribution in [2.75, 3.05) is 6.61 Å². The van der Waals surface area contributed by atoms with Gasteiger partial charge in [-0.05, 0) is 18.4 Å². The fourth-order valence-corrected chi connectivity index (χ4v) is 2.33. The zero-order valence-corrected chi connectivity index (χ0v) is 13.7. The molecule has 0 amide bonds. The van der Waals surface area contributed by atoms with E-state index in [9.17, 15) is 24.6 Å². The molecule has 0 saturated carbocycles. The lowest BCUT2D eigenvalue weighted by atomic mass is 9.73. The summed E-state index contributed by atoms with van der Waals surface area (Å²) < 4.78 is 5.02. The van der Waals surface area contributed by atoms with Crippen LogP contribution in [0.3, 0.4) is 0 Å². The number of benzene rings is 1. The number of esters is 1. The number of carbonyl (C=O) groups excluding carboxylic acids is 1. The van der Waals surface area contributed by atoms with Gasteiger partial charge in [-0.1, -0.05) is 50.3 Å². The molecule has 130 valence electrons. The molecule has 0 bridgehead atoms. The van der Waals surface area contributed by atoms with Crippen LogP contribution in [-0.4, -0.2) is 34.7 Å². The molecule has 0 radical (unpaired) electrons. The van der Waals surface area contributed by atoms with Crippen molar-refractivity contribution in [3.8, 4) is 0 Å². The molecule has 0 fully saturated rings. The topological polar surface area (TPSA) is 101 Å². The van der Waals surface area contributed by atoms with Crippen molar-refractivity contribution in [3.63, 3.8) is 0 Å². The second-order valence-corrected chi connectivity index (χ2v) is 5.58. The molecule has 1 aromatic carbocycles. The van der Waals surface area contributed by atoms with Gasteiger partial charge in [-0.3, -0.25) is 9.59 Å². The summed E-state index contributed by atoms with van der Waals surface area (Å²) in [5, 5.41) is 18.9. The molecule has 0 aliphatic carbocycles. The van der Waals surface area contributed by atoms with Crippen LogP contribution >= 0.6 is 0 Å². The SMILES string of the molecule is C=C(C(=O)O)C(CC(=O)OCCCC)(Cc1ccccc1)C(=O)O. The minimum atomic E-state index is -1.95. The van der Waals surface area contributed by atoms with E-state index >= 15 is 0 Å². The van der Waals surface area contributed by atoms with Gasteiger partial charge >= 0.3 is 17.9 Å². The number of hydrogen-bond acceptors (Lipinski definition) is 4. The minimum Gasteiger partial charge on any atom is -0.481 e. The van der Waals surface area contributed by atoms with Gasteiger partial charge < -0.3 is 14.9 Å². The van der Waals surface area contributed by atoms with Crippen LogP contribution in [-0.2, 0) is 25.5 Å². The molecule has 0 aliphatic heterocycles. The van der Waals surface area contributed by atoms with E-state index in [0.717, 1.165) is 6.42 Å². The van der Waals surface area contributed by atoms with Crippen LogP contribution < -0.4 is 0 Å². The third-order valence-electron chi connectivity index (χ3n) is 3.80. The molecule has 24 heavy (non-hydrogen) atoms. The van der Waals surface area contributed by atoms with E-state index in [1.807, 2.05) is 6.92 Å². The van der Waals surface area contributed by atoms with E-state index in [1.165, 1.54) is 0 Å². The Bertz CT molecular complexity index is 607. The molecule has 1 atom stereocenters. The summed E-state index contributed by atoms with van der Waals surface area (Å²) in [6.45, 7) is 5.51. The normalized spacial score (nSPS) is 12.9. The number of ether oxygens (including phenoxy) is 1. The first-order valence-electron chi connectivity index (χ1n) is 7.69. The van der Waals surface area contributed by atoms with Crippen molar-refractivity contribution in [1.29, 1.82) is 0 Å². The Morgan fingerprint density at radius 3 is 2.29 bits per heavy atom. The maximum absolute atomic E-state index is 12.0. The van der Waals surface area contributed by atoms with Gasteiger partial charge in [-0.25, -0.2) is 4.79 Å². The second-order valence-electron chi connectivity index (χ2n) is 5.58. The molecule has 0 heterocycles. The molecule has 2 N–H and O–H groups in total. The van der Waals surface area contributed by atoms with Gasteiger partial charge in [0.15, 0.2) is 0 Å². The summed E-state index contributed by atoms with van der Waals surface area (Å²) in [5.41, 5.74) is -1.88. The van der Waals surface area contributed by atoms with E-state index in [0.29, 0.717) is 12.0 Å². The van der Waals surface area contributed by atoms with Crippen LogP contribution in [0.15, 0.2) is 42.5 Å². The molecule has 1 rings (SSSR count). The van der Waals surface area contributed by atoms with Gasteiger partial charge in [0.25, 0.3) is 0 Å². The number of hydrogen-bond donors (Lipinski definition) is 2. The van der Waals surface area contributed by atoms with E-state index in [2.05, 4.69) is 6.58 Å². The Kier molecular flexibility index (Phi) is 7.17. The first kappa shape index (κ1) is 19.4. The highest BCUT2D eigenvalue weighted by molar-refractivity contribution is 5.98. The second kappa shape index (κ2) is 8.86. The third-order valence-corrected chi connectivity index (χ3v) is 3.80. The molecule has 0 aliphatic rings. The standard InChI is InChI=1S/C18H22O6/c1-3-4-10-24-15(19)12-18(17(22)23,13(2)16(20)21)11-14-8-6-5-7-9-14/h5-9H,2-4,10-12H2,1H3,(H,20,21)(H,22,23). The fraction of sp³-hybridized carbons (Fsp3) is 0.389. The molecular formula is C18H22O6. The van der Waals surface area contributed by atoms with Crippen molar-refractivity contribution in [1.82, 2.24) is 0 Å². The fourth-order valence-electron chi connectivity index (χ4n) is 2.33. The third kappa shape index (κ3) is 4.94. The summed E-state index contributed by atoms with van der Waals surface area (Å²) in [5.74, 6) is -3.61. The van der Waals surface area contributed by atoms with Crippen LogP contribution in [0, 0.1) is 5.41 Å². The summed E-state index contributed by atoms with van der Waals surface area (Å²) in [7, 11) is 0. The van der Waals surface area contributed by atoms with Crippen molar-refractivity contribution < 1.29 is 29.3 Å². The molecule has 1 unspecified atom stereocenters.